The third kappa shape index (κ3) is 4.27. The van der Waals surface area contributed by atoms with Crippen LogP contribution >= 0.6 is 0 Å². The molecule has 0 unspecified atom stereocenters. The summed E-state index contributed by atoms with van der Waals surface area (Å²) in [5.41, 5.74) is 8.15. The molecule has 2 N–H and O–H groups in total. The fourth-order valence-electron chi connectivity index (χ4n) is 2.26. The van der Waals surface area contributed by atoms with Crippen molar-refractivity contribution in [3.63, 3.8) is 0 Å². The van der Waals surface area contributed by atoms with E-state index in [1.807, 2.05) is 24.0 Å². The molecule has 1 aromatic carbocycles. The van der Waals surface area contributed by atoms with Gasteiger partial charge in [-0.15, -0.1) is 0 Å². The van der Waals surface area contributed by atoms with Crippen molar-refractivity contribution in [2.45, 2.75) is 34.6 Å². The number of carbonyl (C=O) groups excluding carboxylic acids is 1. The summed E-state index contributed by atoms with van der Waals surface area (Å²) in [6.07, 6.45) is 0. The van der Waals surface area contributed by atoms with Gasteiger partial charge in [0.1, 0.15) is 0 Å². The molecule has 0 heterocycles. The molecule has 3 heteroatoms. The first-order valence-electron chi connectivity index (χ1n) is 6.97. The summed E-state index contributed by atoms with van der Waals surface area (Å²) in [7, 11) is 0. The molecule has 3 nitrogen and oxygen atoms in total. The molecule has 0 saturated heterocycles. The number of nitrogens with zero attached hydrogens (tertiary/aromatic N) is 1. The summed E-state index contributed by atoms with van der Waals surface area (Å²) in [6.45, 7) is 12.0. The lowest BCUT2D eigenvalue weighted by atomic mass is 10.0. The highest BCUT2D eigenvalue weighted by Gasteiger charge is 2.21. The van der Waals surface area contributed by atoms with Crippen LogP contribution in [0, 0.1) is 18.8 Å². The second kappa shape index (κ2) is 6.60. The molecule has 106 valence electrons. The topological polar surface area (TPSA) is 46.3 Å². The number of hydrogen-bond donors (Lipinski definition) is 1. The normalized spacial score (nSPS) is 11.1. The van der Waals surface area contributed by atoms with Gasteiger partial charge in [-0.1, -0.05) is 39.8 Å². The van der Waals surface area contributed by atoms with Crippen LogP contribution < -0.4 is 5.73 Å². The third-order valence-corrected chi connectivity index (χ3v) is 2.98. The number of amides is 1. The Kier molecular flexibility index (Phi) is 5.40. The molecule has 0 aliphatic rings. The van der Waals surface area contributed by atoms with E-state index in [1.54, 1.807) is 6.07 Å². The highest BCUT2D eigenvalue weighted by molar-refractivity contribution is 6.00. The van der Waals surface area contributed by atoms with E-state index in [0.717, 1.165) is 18.7 Å². The highest BCUT2D eigenvalue weighted by atomic mass is 16.2. The Morgan fingerprint density at radius 2 is 1.68 bits per heavy atom. The monoisotopic (exact) mass is 262 g/mol. The summed E-state index contributed by atoms with van der Waals surface area (Å²) >= 11 is 0. The number of nitrogen functional groups attached to an aromatic ring is 1. The van der Waals surface area contributed by atoms with Gasteiger partial charge in [0.05, 0.1) is 5.56 Å². The molecule has 0 saturated carbocycles. The summed E-state index contributed by atoms with van der Waals surface area (Å²) in [5.74, 6) is 0.957. The average molecular weight is 262 g/mol. The molecule has 0 aliphatic heterocycles. The maximum Gasteiger partial charge on any atom is 0.256 e. The van der Waals surface area contributed by atoms with Crippen LogP contribution in [-0.4, -0.2) is 23.9 Å². The second-order valence-electron chi connectivity index (χ2n) is 6.04. The maximum absolute atomic E-state index is 12.7. The predicted molar refractivity (Wildman–Crippen MR) is 81.2 cm³/mol. The molecule has 0 spiro atoms. The molecule has 1 aromatic rings. The summed E-state index contributed by atoms with van der Waals surface area (Å²) in [5, 5.41) is 0. The maximum atomic E-state index is 12.7. The molecule has 0 bridgehead atoms. The minimum Gasteiger partial charge on any atom is -0.398 e. The van der Waals surface area contributed by atoms with E-state index >= 15 is 0 Å². The van der Waals surface area contributed by atoms with Crippen molar-refractivity contribution in [1.29, 1.82) is 0 Å². The Bertz CT molecular complexity index is 408. The van der Waals surface area contributed by atoms with Crippen molar-refractivity contribution >= 4 is 11.6 Å². The van der Waals surface area contributed by atoms with Gasteiger partial charge in [-0.3, -0.25) is 4.79 Å². The van der Waals surface area contributed by atoms with Gasteiger partial charge in [0.2, 0.25) is 0 Å². The lowest BCUT2D eigenvalue weighted by Crippen LogP contribution is -2.37. The molecule has 0 aromatic heterocycles. The molecule has 1 amide bonds. The Labute approximate surface area is 116 Å². The average Bonchev–Trinajstić information content (AvgIpc) is 2.26. The standard InChI is InChI=1S/C16H26N2O/c1-11(2)9-18(10-12(3)4)16(19)15-13(5)7-6-8-14(15)17/h6-8,11-12H,9-10,17H2,1-5H3. The quantitative estimate of drug-likeness (QED) is 0.827. The Balaban J connectivity index is 3.04. The van der Waals surface area contributed by atoms with E-state index in [9.17, 15) is 4.79 Å². The predicted octanol–water partition coefficient (Wildman–Crippen LogP) is 3.33. The first kappa shape index (κ1) is 15.5. The Morgan fingerprint density at radius 1 is 1.16 bits per heavy atom. The summed E-state index contributed by atoms with van der Waals surface area (Å²) in [6, 6.07) is 5.62. The number of carbonyl (C=O) groups is 1. The van der Waals surface area contributed by atoms with Crippen molar-refractivity contribution < 1.29 is 4.79 Å². The molecule has 19 heavy (non-hydrogen) atoms. The van der Waals surface area contributed by atoms with Crippen LogP contribution in [0.15, 0.2) is 18.2 Å². The number of benzene rings is 1. The minimum absolute atomic E-state index is 0.0537. The zero-order chi connectivity index (χ0) is 14.6. The molecule has 0 aliphatic carbocycles. The first-order valence-corrected chi connectivity index (χ1v) is 6.97. The van der Waals surface area contributed by atoms with E-state index in [2.05, 4.69) is 27.7 Å². The zero-order valence-corrected chi connectivity index (χ0v) is 12.7. The van der Waals surface area contributed by atoms with Crippen molar-refractivity contribution in [3.05, 3.63) is 29.3 Å². The Hall–Kier alpha value is -1.51. The first-order chi connectivity index (χ1) is 8.82. The molecular weight excluding hydrogens is 236 g/mol. The number of nitrogens with two attached hydrogens (primary N) is 1. The molecule has 1 rings (SSSR count). The van der Waals surface area contributed by atoms with Gasteiger partial charge in [-0.2, -0.15) is 0 Å². The van der Waals surface area contributed by atoms with Crippen LogP contribution in [0.25, 0.3) is 0 Å². The van der Waals surface area contributed by atoms with Crippen molar-refractivity contribution in [2.75, 3.05) is 18.8 Å². The van der Waals surface area contributed by atoms with Crippen molar-refractivity contribution in [2.24, 2.45) is 11.8 Å². The van der Waals surface area contributed by atoms with Crippen molar-refractivity contribution in [3.8, 4) is 0 Å². The summed E-state index contributed by atoms with van der Waals surface area (Å²) < 4.78 is 0. The van der Waals surface area contributed by atoms with Gasteiger partial charge in [-0.25, -0.2) is 0 Å². The molecular formula is C16H26N2O. The van der Waals surface area contributed by atoms with Gasteiger partial charge in [0.15, 0.2) is 0 Å². The van der Waals surface area contributed by atoms with Crippen LogP contribution in [0.5, 0.6) is 0 Å². The lowest BCUT2D eigenvalue weighted by Gasteiger charge is -2.27. The van der Waals surface area contributed by atoms with Gasteiger partial charge in [0.25, 0.3) is 5.91 Å². The number of aryl methyl sites for hydroxylation is 1. The van der Waals surface area contributed by atoms with Gasteiger partial charge in [0, 0.05) is 18.8 Å². The molecule has 0 radical (unpaired) electrons. The SMILES string of the molecule is Cc1cccc(N)c1C(=O)N(CC(C)C)CC(C)C. The summed E-state index contributed by atoms with van der Waals surface area (Å²) in [4.78, 5) is 14.6. The van der Waals surface area contributed by atoms with Crippen LogP contribution in [0.4, 0.5) is 5.69 Å². The van der Waals surface area contributed by atoms with Crippen LogP contribution in [0.3, 0.4) is 0 Å². The van der Waals surface area contributed by atoms with E-state index in [1.165, 1.54) is 0 Å². The zero-order valence-electron chi connectivity index (χ0n) is 12.7. The van der Waals surface area contributed by atoms with Gasteiger partial charge >= 0.3 is 0 Å². The molecule has 0 fully saturated rings. The van der Waals surface area contributed by atoms with Crippen LogP contribution in [0.1, 0.15) is 43.6 Å². The van der Waals surface area contributed by atoms with E-state index in [-0.39, 0.29) is 5.91 Å². The van der Waals surface area contributed by atoms with E-state index < -0.39 is 0 Å². The number of rotatable bonds is 5. The van der Waals surface area contributed by atoms with E-state index in [4.69, 9.17) is 5.73 Å². The largest absolute Gasteiger partial charge is 0.398 e. The van der Waals surface area contributed by atoms with E-state index in [0.29, 0.717) is 23.1 Å². The van der Waals surface area contributed by atoms with Gasteiger partial charge < -0.3 is 10.6 Å². The number of hydrogen-bond acceptors (Lipinski definition) is 2. The lowest BCUT2D eigenvalue weighted by molar-refractivity contribution is 0.0715. The highest BCUT2D eigenvalue weighted by Crippen LogP contribution is 2.20. The molecule has 0 atom stereocenters. The fraction of sp³-hybridized carbons (Fsp3) is 0.562. The number of anilines is 1. The fourth-order valence-corrected chi connectivity index (χ4v) is 2.26. The third-order valence-electron chi connectivity index (χ3n) is 2.98. The van der Waals surface area contributed by atoms with Crippen molar-refractivity contribution in [1.82, 2.24) is 4.90 Å². The van der Waals surface area contributed by atoms with Gasteiger partial charge in [-0.05, 0) is 30.4 Å². The minimum atomic E-state index is 0.0537. The smallest absolute Gasteiger partial charge is 0.256 e. The Morgan fingerprint density at radius 3 is 2.11 bits per heavy atom. The van der Waals surface area contributed by atoms with Crippen LogP contribution in [0.2, 0.25) is 0 Å². The van der Waals surface area contributed by atoms with Crippen LogP contribution in [-0.2, 0) is 0 Å². The second-order valence-corrected chi connectivity index (χ2v) is 6.04.